The molecule has 1 aliphatic rings. The Morgan fingerprint density at radius 3 is 2.56 bits per heavy atom. The maximum Gasteiger partial charge on any atom is 0.338 e. The van der Waals surface area contributed by atoms with Crippen molar-refractivity contribution in [1.29, 1.82) is 0 Å². The number of benzene rings is 3. The van der Waals surface area contributed by atoms with E-state index in [0.717, 1.165) is 10.0 Å². The Bertz CT molecular complexity index is 1660. The minimum absolute atomic E-state index is 0.177. The van der Waals surface area contributed by atoms with Crippen molar-refractivity contribution in [3.63, 3.8) is 0 Å². The summed E-state index contributed by atoms with van der Waals surface area (Å²) >= 11 is 15.7. The highest BCUT2D eigenvalue weighted by Crippen LogP contribution is 2.34. The molecule has 0 saturated carbocycles. The minimum Gasteiger partial charge on any atom is -0.493 e. The Balaban J connectivity index is 1.39. The fourth-order valence-electron chi connectivity index (χ4n) is 4.30. The summed E-state index contributed by atoms with van der Waals surface area (Å²) in [6.45, 7) is 3.32. The van der Waals surface area contributed by atoms with Gasteiger partial charge in [0.05, 0.1) is 31.5 Å². The lowest BCUT2D eigenvalue weighted by molar-refractivity contribution is -0.139. The van der Waals surface area contributed by atoms with Crippen molar-refractivity contribution in [3.05, 3.63) is 97.1 Å². The number of esters is 1. The Kier molecular flexibility index (Phi) is 11.7. The number of hydrogen-bond donors (Lipinski definition) is 3. The third-order valence-electron chi connectivity index (χ3n) is 6.41. The van der Waals surface area contributed by atoms with Crippen LogP contribution in [0.4, 0.5) is 4.79 Å². The van der Waals surface area contributed by atoms with Crippen molar-refractivity contribution in [1.82, 2.24) is 16.1 Å². The summed E-state index contributed by atoms with van der Waals surface area (Å²) in [5.74, 6) is -0.0193. The second-order valence-corrected chi connectivity index (χ2v) is 11.2. The topological polar surface area (TPSA) is 137 Å². The number of ether oxygens (including phenoxy) is 4. The van der Waals surface area contributed by atoms with Crippen LogP contribution in [0.5, 0.6) is 17.2 Å². The fourth-order valence-corrected chi connectivity index (χ4v) is 5.14. The first-order valence-corrected chi connectivity index (χ1v) is 15.1. The molecule has 0 aromatic heterocycles. The van der Waals surface area contributed by atoms with Crippen LogP contribution in [0.1, 0.15) is 36.6 Å². The maximum atomic E-state index is 12.6. The first kappa shape index (κ1) is 33.6. The van der Waals surface area contributed by atoms with Gasteiger partial charge in [0.15, 0.2) is 18.1 Å². The Morgan fingerprint density at radius 2 is 1.82 bits per heavy atom. The Hall–Kier alpha value is -4.26. The molecule has 3 aromatic carbocycles. The molecule has 0 bridgehead atoms. The van der Waals surface area contributed by atoms with Crippen molar-refractivity contribution in [2.45, 2.75) is 26.5 Å². The van der Waals surface area contributed by atoms with Gasteiger partial charge in [-0.25, -0.2) is 15.0 Å². The van der Waals surface area contributed by atoms with Gasteiger partial charge in [-0.05, 0) is 61.9 Å². The molecule has 0 aliphatic carbocycles. The van der Waals surface area contributed by atoms with Gasteiger partial charge in [0.1, 0.15) is 12.4 Å². The number of allylic oxidation sites excluding steroid dienone is 1. The van der Waals surface area contributed by atoms with E-state index < -0.39 is 23.9 Å². The molecule has 4 rings (SSSR count). The molecule has 1 atom stereocenters. The van der Waals surface area contributed by atoms with E-state index in [4.69, 9.17) is 42.1 Å². The van der Waals surface area contributed by atoms with E-state index in [2.05, 4.69) is 37.1 Å². The number of carbonyl (C=O) groups excluding carboxylic acids is 3. The number of carbonyl (C=O) groups is 3. The highest BCUT2D eigenvalue weighted by atomic mass is 79.9. The van der Waals surface area contributed by atoms with Crippen LogP contribution in [-0.4, -0.2) is 44.4 Å². The molecule has 11 nitrogen and oxygen atoms in total. The van der Waals surface area contributed by atoms with E-state index in [1.165, 1.54) is 13.3 Å². The predicted octanol–water partition coefficient (Wildman–Crippen LogP) is 6.06. The quantitative estimate of drug-likeness (QED) is 0.118. The normalized spacial score (nSPS) is 14.4. The SMILES string of the molecule is CCOC(=O)C1=C(C)NC(=O)N[C@@H]1c1ccc(OCC(=O)N/N=C\c2cc(Br)ccc2OCc2ccc(Cl)cc2Cl)c(OC)c1. The molecular weight excluding hydrogens is 691 g/mol. The number of amides is 3. The summed E-state index contributed by atoms with van der Waals surface area (Å²) in [6, 6.07) is 14.1. The third-order valence-corrected chi connectivity index (χ3v) is 7.49. The molecule has 3 N–H and O–H groups in total. The third kappa shape index (κ3) is 8.90. The summed E-state index contributed by atoms with van der Waals surface area (Å²) < 4.78 is 23.0. The molecule has 14 heteroatoms. The average molecular weight is 720 g/mol. The minimum atomic E-state index is -0.784. The highest BCUT2D eigenvalue weighted by molar-refractivity contribution is 9.10. The summed E-state index contributed by atoms with van der Waals surface area (Å²) in [6.07, 6.45) is 1.45. The standard InChI is InChI=1S/C31H29BrCl2N4O7/c1-4-43-30(40)28-17(2)36-31(41)37-29(28)18-6-9-25(26(12-18)42-3)45-16-27(39)38-35-14-20-11-21(32)7-10-24(20)44-15-19-5-8-22(33)13-23(19)34/h5-14,29H,4,15-16H2,1-3H3,(H,38,39)(H2,36,37,41)/b35-14-/t29-/m1/s1. The van der Waals surface area contributed by atoms with E-state index >= 15 is 0 Å². The van der Waals surface area contributed by atoms with Crippen LogP contribution in [-0.2, 0) is 20.9 Å². The molecule has 0 spiro atoms. The van der Waals surface area contributed by atoms with Gasteiger partial charge in [0.25, 0.3) is 5.91 Å². The van der Waals surface area contributed by atoms with Gasteiger partial charge >= 0.3 is 12.0 Å². The molecule has 3 aromatic rings. The van der Waals surface area contributed by atoms with Crippen LogP contribution >= 0.6 is 39.1 Å². The summed E-state index contributed by atoms with van der Waals surface area (Å²) in [7, 11) is 1.43. The molecule has 1 aliphatic heterocycles. The van der Waals surface area contributed by atoms with Crippen molar-refractivity contribution in [3.8, 4) is 17.2 Å². The second kappa shape index (κ2) is 15.6. The van der Waals surface area contributed by atoms with E-state index in [0.29, 0.717) is 32.6 Å². The van der Waals surface area contributed by atoms with Crippen LogP contribution < -0.4 is 30.3 Å². The number of nitrogens with zero attached hydrogens (tertiary/aromatic N) is 1. The van der Waals surface area contributed by atoms with Crippen LogP contribution in [0.2, 0.25) is 10.0 Å². The van der Waals surface area contributed by atoms with Crippen LogP contribution in [0, 0.1) is 0 Å². The molecule has 0 unspecified atom stereocenters. The molecule has 45 heavy (non-hydrogen) atoms. The number of hydrogen-bond acceptors (Lipinski definition) is 8. The lowest BCUT2D eigenvalue weighted by atomic mass is 9.95. The first-order valence-electron chi connectivity index (χ1n) is 13.5. The molecule has 3 amide bonds. The van der Waals surface area contributed by atoms with E-state index in [1.54, 1.807) is 62.4 Å². The van der Waals surface area contributed by atoms with Gasteiger partial charge in [-0.3, -0.25) is 4.79 Å². The molecule has 236 valence electrons. The number of nitrogens with one attached hydrogen (secondary N) is 3. The van der Waals surface area contributed by atoms with Gasteiger partial charge in [-0.1, -0.05) is 51.3 Å². The van der Waals surface area contributed by atoms with Crippen molar-refractivity contribution in [2.75, 3.05) is 20.3 Å². The Morgan fingerprint density at radius 1 is 1.04 bits per heavy atom. The van der Waals surface area contributed by atoms with Gasteiger partial charge < -0.3 is 29.6 Å². The van der Waals surface area contributed by atoms with Crippen molar-refractivity contribution < 1.29 is 33.3 Å². The van der Waals surface area contributed by atoms with Crippen molar-refractivity contribution in [2.24, 2.45) is 5.10 Å². The zero-order chi connectivity index (χ0) is 32.5. The zero-order valence-electron chi connectivity index (χ0n) is 24.4. The largest absolute Gasteiger partial charge is 0.493 e. The van der Waals surface area contributed by atoms with E-state index in [9.17, 15) is 14.4 Å². The molecule has 0 radical (unpaired) electrons. The lowest BCUT2D eigenvalue weighted by Gasteiger charge is -2.28. The van der Waals surface area contributed by atoms with E-state index in [-0.39, 0.29) is 36.9 Å². The van der Waals surface area contributed by atoms with Gasteiger partial charge in [-0.2, -0.15) is 5.10 Å². The van der Waals surface area contributed by atoms with Gasteiger partial charge in [0.2, 0.25) is 0 Å². The lowest BCUT2D eigenvalue weighted by Crippen LogP contribution is -2.45. The van der Waals surface area contributed by atoms with Crippen LogP contribution in [0.25, 0.3) is 0 Å². The molecular formula is C31H29BrCl2N4O7. The van der Waals surface area contributed by atoms with Gasteiger partial charge in [-0.15, -0.1) is 0 Å². The van der Waals surface area contributed by atoms with E-state index in [1.807, 2.05) is 6.07 Å². The van der Waals surface area contributed by atoms with Crippen LogP contribution in [0.3, 0.4) is 0 Å². The van der Waals surface area contributed by atoms with Gasteiger partial charge in [0, 0.05) is 31.3 Å². The summed E-state index contributed by atoms with van der Waals surface area (Å²) in [5.41, 5.74) is 4.98. The first-order chi connectivity index (χ1) is 21.6. The molecule has 0 fully saturated rings. The highest BCUT2D eigenvalue weighted by Gasteiger charge is 2.32. The number of rotatable bonds is 12. The zero-order valence-corrected chi connectivity index (χ0v) is 27.5. The Labute approximate surface area is 278 Å². The number of methoxy groups -OCH3 is 1. The average Bonchev–Trinajstić information content (AvgIpc) is 3.00. The van der Waals surface area contributed by atoms with Crippen LogP contribution in [0.15, 0.2) is 75.4 Å². The van der Waals surface area contributed by atoms with Crippen molar-refractivity contribution >= 4 is 63.3 Å². The number of halogens is 3. The second-order valence-electron chi connectivity index (χ2n) is 9.49. The monoisotopic (exact) mass is 718 g/mol. The predicted molar refractivity (Wildman–Crippen MR) is 173 cm³/mol. The molecule has 1 heterocycles. The summed E-state index contributed by atoms with van der Waals surface area (Å²) in [5, 5.41) is 10.4. The number of hydrazone groups is 1. The summed E-state index contributed by atoms with van der Waals surface area (Å²) in [4.78, 5) is 37.3. The molecule has 0 saturated heterocycles. The maximum absolute atomic E-state index is 12.6. The smallest absolute Gasteiger partial charge is 0.338 e. The number of urea groups is 1. The fraction of sp³-hybridized carbons (Fsp3) is 0.226.